The molecule has 3 saturated carbocycles. The molecule has 4 aliphatic carbocycles. The number of carbonyl (C=O) groups excluding carboxylic acids is 4. The smallest absolute Gasteiger partial charge is 0.308 e. The molecule has 5 aliphatic rings. The summed E-state index contributed by atoms with van der Waals surface area (Å²) in [5.41, 5.74) is -6.87. The molecule has 0 radical (unpaired) electrons. The third-order valence-corrected chi connectivity index (χ3v) is 11.3. The Labute approximate surface area is 277 Å². The largest absolute Gasteiger partial charge is 0.457 e. The van der Waals surface area contributed by atoms with Gasteiger partial charge in [0.15, 0.2) is 29.4 Å². The van der Waals surface area contributed by atoms with Crippen LogP contribution in [0.4, 0.5) is 8.78 Å². The Hall–Kier alpha value is -2.66. The van der Waals surface area contributed by atoms with E-state index in [1.54, 1.807) is 20.8 Å². The number of aliphatic hydroxyl groups is 1. The lowest BCUT2D eigenvalue weighted by Gasteiger charge is -2.63. The second-order valence-electron chi connectivity index (χ2n) is 14.5. The number of esters is 1. The molecular weight excluding hydrogens is 638 g/mol. The molecule has 13 nitrogen and oxygen atoms in total. The van der Waals surface area contributed by atoms with Gasteiger partial charge in [-0.1, -0.05) is 19.4 Å². The second kappa shape index (κ2) is 13.2. The zero-order chi connectivity index (χ0) is 35.3. The van der Waals surface area contributed by atoms with Crippen LogP contribution in [0.3, 0.4) is 0 Å². The number of Topliss-reactive ketones (excluding diaryl/α,β-unsaturated/α-hetero) is 1. The summed E-state index contributed by atoms with van der Waals surface area (Å²) in [4.78, 5) is 55.4. The molecule has 0 spiro atoms. The molecule has 15 heteroatoms. The van der Waals surface area contributed by atoms with E-state index >= 15 is 8.78 Å². The first-order valence-corrected chi connectivity index (χ1v) is 16.5. The van der Waals surface area contributed by atoms with E-state index in [1.165, 1.54) is 19.1 Å². The van der Waals surface area contributed by atoms with Crippen LogP contribution >= 0.6 is 0 Å². The number of alkyl halides is 2. The van der Waals surface area contributed by atoms with Gasteiger partial charge in [-0.2, -0.15) is 0 Å². The molecule has 0 aromatic carbocycles. The number of hydrogen-bond acceptors (Lipinski definition) is 12. The topological polar surface area (TPSA) is 181 Å². The summed E-state index contributed by atoms with van der Waals surface area (Å²) < 4.78 is 51.3. The van der Waals surface area contributed by atoms with Crippen LogP contribution in [0.25, 0.3) is 0 Å². The minimum absolute atomic E-state index is 0.00139. The van der Waals surface area contributed by atoms with E-state index in [0.717, 1.165) is 6.08 Å². The lowest BCUT2D eigenvalue weighted by molar-refractivity contribution is -0.492. The van der Waals surface area contributed by atoms with Gasteiger partial charge in [0.25, 0.3) is 0 Å². The summed E-state index contributed by atoms with van der Waals surface area (Å²) >= 11 is 0. The highest BCUT2D eigenvalue weighted by Gasteiger charge is 2.80. The van der Waals surface area contributed by atoms with Gasteiger partial charge < -0.3 is 24.6 Å². The molecule has 0 unspecified atom stereocenters. The quantitative estimate of drug-likeness (QED) is 0.127. The van der Waals surface area contributed by atoms with Crippen LogP contribution < -0.4 is 5.32 Å². The van der Waals surface area contributed by atoms with E-state index in [-0.39, 0.29) is 62.1 Å². The predicted molar refractivity (Wildman–Crippen MR) is 160 cm³/mol. The standard InChI is InChI=1S/C33H46F2N2O11/c1-29(2)47-26-16-20-21-15-23(34)22-14-19(38)9-11-30(22,3)32(21,35)24(39)17-31(20,4)33(26,48-29)25(40)18-45-28(42)10-12-36-27(41)8-6-5-7-13-46-37(43)44/h9,11,14,20-21,23-24,26,39,43-44H,5-8,10,12-13,15-18H2,1-4H3,(H,36,41)/t20-,21-,23-,24-,26+,30-,31-,32-,33+/m0/s1. The van der Waals surface area contributed by atoms with Crippen molar-refractivity contribution in [2.75, 3.05) is 19.8 Å². The fourth-order valence-electron chi connectivity index (χ4n) is 9.23. The number of ether oxygens (including phenoxy) is 3. The summed E-state index contributed by atoms with van der Waals surface area (Å²) in [5, 5.41) is 30.8. The average Bonchev–Trinajstić information content (AvgIpc) is 3.41. The molecule has 5 rings (SSSR count). The van der Waals surface area contributed by atoms with Gasteiger partial charge in [0.1, 0.15) is 6.17 Å². The molecule has 4 N–H and O–H groups in total. The van der Waals surface area contributed by atoms with Gasteiger partial charge in [-0.15, -0.1) is 0 Å². The van der Waals surface area contributed by atoms with Gasteiger partial charge in [-0.25, -0.2) is 8.78 Å². The number of nitrogens with one attached hydrogen (secondary N) is 1. The maximum absolute atomic E-state index is 17.6. The summed E-state index contributed by atoms with van der Waals surface area (Å²) in [6, 6.07) is 0. The average molecular weight is 685 g/mol. The summed E-state index contributed by atoms with van der Waals surface area (Å²) in [5.74, 6) is -5.02. The van der Waals surface area contributed by atoms with Crippen molar-refractivity contribution < 1.29 is 62.5 Å². The van der Waals surface area contributed by atoms with Crippen molar-refractivity contribution in [3.63, 3.8) is 0 Å². The van der Waals surface area contributed by atoms with Crippen molar-refractivity contribution in [3.8, 4) is 0 Å². The Morgan fingerprint density at radius 3 is 2.52 bits per heavy atom. The maximum Gasteiger partial charge on any atom is 0.308 e. The Morgan fingerprint density at radius 2 is 1.81 bits per heavy atom. The molecular formula is C33H46F2N2O11. The molecule has 1 saturated heterocycles. The van der Waals surface area contributed by atoms with Crippen LogP contribution in [0, 0.1) is 22.7 Å². The lowest BCUT2D eigenvalue weighted by Crippen LogP contribution is -2.71. The van der Waals surface area contributed by atoms with Crippen molar-refractivity contribution >= 4 is 23.4 Å². The number of fused-ring (bicyclic) bond motifs is 7. The molecule has 0 bridgehead atoms. The number of carbonyl (C=O) groups is 4. The van der Waals surface area contributed by atoms with Crippen LogP contribution in [0.2, 0.25) is 0 Å². The van der Waals surface area contributed by atoms with Gasteiger partial charge in [0.05, 0.1) is 30.6 Å². The SMILES string of the molecule is CC1(C)O[C@@H]2C[C@H]3[C@@H]4C[C@H](F)C5=CC(=O)C=C[C@]5(C)[C@@]4(F)[C@@H](O)C[C@]3(C)[C@]2(C(=O)COC(=O)CCNC(=O)CCCCCON(O)O)O1. The van der Waals surface area contributed by atoms with Crippen molar-refractivity contribution in [2.45, 2.75) is 114 Å². The number of rotatable bonds is 13. The van der Waals surface area contributed by atoms with Crippen molar-refractivity contribution in [2.24, 2.45) is 22.7 Å². The number of unbranched alkanes of at least 4 members (excludes halogenated alkanes) is 2. The fourth-order valence-corrected chi connectivity index (χ4v) is 9.23. The predicted octanol–water partition coefficient (Wildman–Crippen LogP) is 3.00. The van der Waals surface area contributed by atoms with Crippen molar-refractivity contribution in [3.05, 3.63) is 23.8 Å². The Balaban J connectivity index is 1.24. The number of aliphatic hydroxyl groups excluding tert-OH is 1. The summed E-state index contributed by atoms with van der Waals surface area (Å²) in [6.45, 7) is 5.87. The van der Waals surface area contributed by atoms with Crippen LogP contribution in [0.15, 0.2) is 23.8 Å². The van der Waals surface area contributed by atoms with Gasteiger partial charge in [0.2, 0.25) is 11.7 Å². The number of allylic oxidation sites excluding steroid dienone is 4. The molecule has 9 atom stereocenters. The Bertz CT molecular complexity index is 1370. The van der Waals surface area contributed by atoms with Crippen molar-refractivity contribution in [1.29, 1.82) is 0 Å². The zero-order valence-electron chi connectivity index (χ0n) is 27.7. The van der Waals surface area contributed by atoms with Crippen LogP contribution in [-0.4, -0.2) is 99.5 Å². The highest BCUT2D eigenvalue weighted by molar-refractivity contribution is 6.01. The van der Waals surface area contributed by atoms with E-state index in [2.05, 4.69) is 10.2 Å². The first-order valence-electron chi connectivity index (χ1n) is 16.5. The minimum atomic E-state index is -2.34. The zero-order valence-corrected chi connectivity index (χ0v) is 27.7. The van der Waals surface area contributed by atoms with E-state index in [4.69, 9.17) is 24.6 Å². The minimum Gasteiger partial charge on any atom is -0.457 e. The molecule has 268 valence electrons. The monoisotopic (exact) mass is 684 g/mol. The van der Waals surface area contributed by atoms with E-state index in [0.29, 0.717) is 19.3 Å². The third kappa shape index (κ3) is 6.05. The van der Waals surface area contributed by atoms with Crippen molar-refractivity contribution in [1.82, 2.24) is 10.7 Å². The first-order chi connectivity index (χ1) is 22.4. The normalized spacial score (nSPS) is 39.2. The highest BCUT2D eigenvalue weighted by atomic mass is 19.1. The number of nitrogens with zero attached hydrogens (tertiary/aromatic N) is 1. The molecule has 48 heavy (non-hydrogen) atoms. The van der Waals surface area contributed by atoms with E-state index in [9.17, 15) is 24.3 Å². The summed E-state index contributed by atoms with van der Waals surface area (Å²) in [7, 11) is 0. The third-order valence-electron chi connectivity index (χ3n) is 11.3. The fraction of sp³-hybridized carbons (Fsp3) is 0.758. The number of ketones is 2. The Kier molecular flexibility index (Phi) is 10.1. The molecule has 0 aromatic rings. The molecule has 1 amide bonds. The van der Waals surface area contributed by atoms with Crippen LogP contribution in [-0.2, 0) is 38.2 Å². The number of hydrogen-bond donors (Lipinski definition) is 4. The lowest BCUT2D eigenvalue weighted by atomic mass is 9.44. The van der Waals surface area contributed by atoms with Crippen LogP contribution in [0.5, 0.6) is 0 Å². The molecule has 1 aliphatic heterocycles. The number of amides is 1. The van der Waals surface area contributed by atoms with E-state index < -0.39 is 82.2 Å². The van der Waals surface area contributed by atoms with Gasteiger partial charge in [0, 0.05) is 29.7 Å². The van der Waals surface area contributed by atoms with Gasteiger partial charge in [-0.3, -0.25) is 34.4 Å². The second-order valence-corrected chi connectivity index (χ2v) is 14.5. The molecule has 0 aromatic heterocycles. The van der Waals surface area contributed by atoms with Gasteiger partial charge >= 0.3 is 5.97 Å². The number of halogens is 2. The molecule has 1 heterocycles. The highest BCUT2D eigenvalue weighted by Crippen LogP contribution is 2.72. The molecule has 4 fully saturated rings. The Morgan fingerprint density at radius 1 is 1.08 bits per heavy atom. The summed E-state index contributed by atoms with van der Waals surface area (Å²) in [6.07, 6.45) is 0.741. The first kappa shape index (κ1) is 36.6. The van der Waals surface area contributed by atoms with Crippen LogP contribution in [0.1, 0.15) is 79.1 Å². The maximum atomic E-state index is 17.6. The van der Waals surface area contributed by atoms with Gasteiger partial charge in [-0.05, 0) is 76.5 Å². The van der Waals surface area contributed by atoms with E-state index in [1.807, 2.05) is 0 Å².